The smallest absolute Gasteiger partial charge is 0.338 e. The molecular weight excluding hydrogens is 274 g/mol. The first kappa shape index (κ1) is 14.0. The van der Waals surface area contributed by atoms with Crippen molar-refractivity contribution in [2.24, 2.45) is 0 Å². The number of aromatic carboxylic acids is 1. The Morgan fingerprint density at radius 1 is 1.45 bits per heavy atom. The topological polar surface area (TPSA) is 86.9 Å². The van der Waals surface area contributed by atoms with Crippen molar-refractivity contribution in [2.45, 2.75) is 23.8 Å². The number of nitrogens with zero attached hydrogens (tertiary/aromatic N) is 3. The molecule has 0 amide bonds. The summed E-state index contributed by atoms with van der Waals surface area (Å²) in [5.41, 5.74) is 1.97. The summed E-state index contributed by atoms with van der Waals surface area (Å²) in [6.07, 6.45) is 1.53. The zero-order valence-corrected chi connectivity index (χ0v) is 11.7. The second-order valence-corrected chi connectivity index (χ2v) is 5.13. The molecule has 0 fully saturated rings. The van der Waals surface area contributed by atoms with E-state index in [1.165, 1.54) is 24.0 Å². The van der Waals surface area contributed by atoms with E-state index in [1.54, 1.807) is 19.1 Å². The summed E-state index contributed by atoms with van der Waals surface area (Å²) in [6, 6.07) is 6.92. The van der Waals surface area contributed by atoms with Crippen LogP contribution in [0, 0.1) is 25.2 Å². The monoisotopic (exact) mass is 285 g/mol. The molecule has 2 aromatic heterocycles. The van der Waals surface area contributed by atoms with Crippen LogP contribution in [0.5, 0.6) is 0 Å². The van der Waals surface area contributed by atoms with E-state index < -0.39 is 5.97 Å². The van der Waals surface area contributed by atoms with Crippen molar-refractivity contribution in [1.29, 1.82) is 5.26 Å². The van der Waals surface area contributed by atoms with Crippen LogP contribution in [0.1, 0.15) is 27.3 Å². The predicted octanol–water partition coefficient (Wildman–Crippen LogP) is 2.81. The van der Waals surface area contributed by atoms with Crippen molar-refractivity contribution in [2.75, 3.05) is 0 Å². The number of carboxylic acids is 1. The molecule has 0 saturated carbocycles. The normalized spacial score (nSPS) is 10.1. The van der Waals surface area contributed by atoms with Crippen molar-refractivity contribution in [3.8, 4) is 6.07 Å². The number of nitriles is 1. The molecule has 0 aliphatic carbocycles. The second-order valence-electron chi connectivity index (χ2n) is 4.10. The number of rotatable bonds is 3. The molecule has 0 aliphatic rings. The fraction of sp³-hybridized carbons (Fsp3) is 0.143. The number of hydrogen-bond acceptors (Lipinski definition) is 5. The van der Waals surface area contributed by atoms with Gasteiger partial charge in [-0.15, -0.1) is 0 Å². The first-order valence-corrected chi connectivity index (χ1v) is 6.59. The van der Waals surface area contributed by atoms with E-state index in [4.69, 9.17) is 5.11 Å². The predicted molar refractivity (Wildman–Crippen MR) is 73.7 cm³/mol. The van der Waals surface area contributed by atoms with Crippen LogP contribution in [-0.4, -0.2) is 21.0 Å². The molecule has 0 spiro atoms. The van der Waals surface area contributed by atoms with Crippen LogP contribution in [0.4, 0.5) is 0 Å². The van der Waals surface area contributed by atoms with Gasteiger partial charge in [0.2, 0.25) is 0 Å². The summed E-state index contributed by atoms with van der Waals surface area (Å²) in [4.78, 5) is 20.1. The molecule has 0 saturated heterocycles. The highest BCUT2D eigenvalue weighted by molar-refractivity contribution is 7.99. The lowest BCUT2D eigenvalue weighted by Crippen LogP contribution is -2.01. The number of hydrogen-bond donors (Lipinski definition) is 1. The molecule has 0 radical (unpaired) electrons. The first-order valence-electron chi connectivity index (χ1n) is 5.77. The fourth-order valence-electron chi connectivity index (χ4n) is 1.75. The third-order valence-electron chi connectivity index (χ3n) is 2.61. The van der Waals surface area contributed by atoms with Gasteiger partial charge in [0.15, 0.2) is 0 Å². The Hall–Kier alpha value is -2.39. The molecule has 100 valence electrons. The van der Waals surface area contributed by atoms with Gasteiger partial charge in [0.1, 0.15) is 11.1 Å². The minimum atomic E-state index is -1.04. The van der Waals surface area contributed by atoms with Crippen molar-refractivity contribution in [3.05, 3.63) is 46.9 Å². The minimum absolute atomic E-state index is 0.119. The van der Waals surface area contributed by atoms with Crippen molar-refractivity contribution >= 4 is 17.7 Å². The van der Waals surface area contributed by atoms with Gasteiger partial charge in [-0.2, -0.15) is 5.26 Å². The highest BCUT2D eigenvalue weighted by Gasteiger charge is 2.15. The van der Waals surface area contributed by atoms with E-state index in [-0.39, 0.29) is 5.56 Å². The molecule has 0 aromatic carbocycles. The summed E-state index contributed by atoms with van der Waals surface area (Å²) >= 11 is 1.17. The molecule has 0 bridgehead atoms. The highest BCUT2D eigenvalue weighted by Crippen LogP contribution is 2.32. The number of carbonyl (C=O) groups is 1. The van der Waals surface area contributed by atoms with E-state index in [9.17, 15) is 10.1 Å². The molecule has 0 aliphatic heterocycles. The second kappa shape index (κ2) is 5.72. The molecule has 2 rings (SSSR count). The van der Waals surface area contributed by atoms with E-state index >= 15 is 0 Å². The molecule has 0 atom stereocenters. The zero-order valence-electron chi connectivity index (χ0n) is 10.9. The summed E-state index contributed by atoms with van der Waals surface area (Å²) in [7, 11) is 0. The number of aromatic nitrogens is 2. The maximum atomic E-state index is 11.2. The number of carboxylic acid groups (broad SMARTS) is 1. The van der Waals surface area contributed by atoms with Crippen molar-refractivity contribution < 1.29 is 9.90 Å². The molecule has 2 aromatic rings. The summed E-state index contributed by atoms with van der Waals surface area (Å²) in [6.45, 7) is 3.58. The molecule has 0 unspecified atom stereocenters. The average molecular weight is 285 g/mol. The van der Waals surface area contributed by atoms with Gasteiger partial charge in [-0.25, -0.2) is 9.78 Å². The Kier molecular flexibility index (Phi) is 4.01. The maximum absolute atomic E-state index is 11.2. The van der Waals surface area contributed by atoms with Crippen LogP contribution in [0.15, 0.2) is 34.3 Å². The Bertz CT molecular complexity index is 723. The zero-order chi connectivity index (χ0) is 14.7. The lowest BCUT2D eigenvalue weighted by atomic mass is 10.2. The third kappa shape index (κ3) is 2.78. The van der Waals surface area contributed by atoms with Gasteiger partial charge in [-0.05, 0) is 32.0 Å². The molecule has 1 N–H and O–H groups in total. The van der Waals surface area contributed by atoms with E-state index in [2.05, 4.69) is 16.0 Å². The maximum Gasteiger partial charge on any atom is 0.338 e. The summed E-state index contributed by atoms with van der Waals surface area (Å²) in [5.74, 6) is -1.04. The van der Waals surface area contributed by atoms with Crippen LogP contribution in [-0.2, 0) is 0 Å². The lowest BCUT2D eigenvalue weighted by Gasteiger charge is -2.08. The third-order valence-corrected chi connectivity index (χ3v) is 3.67. The van der Waals surface area contributed by atoms with Crippen molar-refractivity contribution in [1.82, 2.24) is 9.97 Å². The Balaban J connectivity index is 2.51. The first-order chi connectivity index (χ1) is 9.52. The summed E-state index contributed by atoms with van der Waals surface area (Å²) in [5, 5.41) is 18.7. The van der Waals surface area contributed by atoms with Gasteiger partial charge >= 0.3 is 5.97 Å². The number of aryl methyl sites for hydroxylation is 2. The highest BCUT2D eigenvalue weighted by atomic mass is 32.2. The van der Waals surface area contributed by atoms with Crippen molar-refractivity contribution in [3.63, 3.8) is 0 Å². The molecule has 20 heavy (non-hydrogen) atoms. The van der Waals surface area contributed by atoms with Gasteiger partial charge in [0, 0.05) is 16.8 Å². The van der Waals surface area contributed by atoms with Gasteiger partial charge in [0.25, 0.3) is 0 Å². The van der Waals surface area contributed by atoms with Gasteiger partial charge in [-0.1, -0.05) is 11.8 Å². The molecule has 2 heterocycles. The van der Waals surface area contributed by atoms with Gasteiger partial charge in [-0.3, -0.25) is 4.98 Å². The fourth-order valence-corrected chi connectivity index (χ4v) is 2.86. The van der Waals surface area contributed by atoms with E-state index in [1.807, 2.05) is 6.92 Å². The standard InChI is InChI=1S/C14H11N3O2S/c1-8-6-12(11(7-15)9(2)17-8)20-13-10(14(18)19)4-3-5-16-13/h3-6H,1-2H3,(H,18,19). The Morgan fingerprint density at radius 2 is 2.20 bits per heavy atom. The van der Waals surface area contributed by atoms with Crippen LogP contribution in [0.3, 0.4) is 0 Å². The lowest BCUT2D eigenvalue weighted by molar-refractivity contribution is 0.0692. The summed E-state index contributed by atoms with van der Waals surface area (Å²) < 4.78 is 0. The van der Waals surface area contributed by atoms with Crippen LogP contribution in [0.2, 0.25) is 0 Å². The van der Waals surface area contributed by atoms with Crippen LogP contribution in [0.25, 0.3) is 0 Å². The quantitative estimate of drug-likeness (QED) is 0.933. The van der Waals surface area contributed by atoms with Gasteiger partial charge < -0.3 is 5.11 Å². The van der Waals surface area contributed by atoms with Crippen LogP contribution >= 0.6 is 11.8 Å². The molecule has 5 nitrogen and oxygen atoms in total. The SMILES string of the molecule is Cc1cc(Sc2ncccc2C(=O)O)c(C#N)c(C)n1. The van der Waals surface area contributed by atoms with E-state index in [0.29, 0.717) is 21.2 Å². The van der Waals surface area contributed by atoms with Gasteiger partial charge in [0.05, 0.1) is 16.8 Å². The number of pyridine rings is 2. The van der Waals surface area contributed by atoms with Crippen LogP contribution < -0.4 is 0 Å². The largest absolute Gasteiger partial charge is 0.478 e. The molecular formula is C14H11N3O2S. The Labute approximate surface area is 120 Å². The average Bonchev–Trinajstić information content (AvgIpc) is 2.38. The molecule has 6 heteroatoms. The minimum Gasteiger partial charge on any atom is -0.478 e. The Morgan fingerprint density at radius 3 is 2.85 bits per heavy atom. The van der Waals surface area contributed by atoms with E-state index in [0.717, 1.165) is 5.69 Å².